The summed E-state index contributed by atoms with van der Waals surface area (Å²) in [5.74, 6) is -1.62. The number of hydrogen-bond donors (Lipinski definition) is 0. The highest BCUT2D eigenvalue weighted by molar-refractivity contribution is 5.94. The van der Waals surface area contributed by atoms with E-state index in [9.17, 15) is 14.4 Å². The van der Waals surface area contributed by atoms with Crippen LogP contribution in [-0.4, -0.2) is 28.1 Å². The van der Waals surface area contributed by atoms with Crippen LogP contribution in [-0.2, 0) is 17.2 Å². The summed E-state index contributed by atoms with van der Waals surface area (Å²) in [6, 6.07) is 8.19. The Labute approximate surface area is 151 Å². The predicted octanol–water partition coefficient (Wildman–Crippen LogP) is 2.47. The van der Waals surface area contributed by atoms with Gasteiger partial charge < -0.3 is 9.47 Å². The van der Waals surface area contributed by atoms with Gasteiger partial charge in [0.15, 0.2) is 5.69 Å². The molecule has 2 aromatic rings. The number of carbonyl (C=O) groups excluding carboxylic acids is 2. The van der Waals surface area contributed by atoms with Gasteiger partial charge in [0.2, 0.25) is 5.75 Å². The van der Waals surface area contributed by atoms with Gasteiger partial charge in [-0.2, -0.15) is 0 Å². The zero-order valence-electron chi connectivity index (χ0n) is 15.5. The van der Waals surface area contributed by atoms with Crippen molar-refractivity contribution in [3.8, 4) is 5.75 Å². The number of carbonyl (C=O) groups is 2. The van der Waals surface area contributed by atoms with Gasteiger partial charge in [0.1, 0.15) is 5.82 Å². The average Bonchev–Trinajstić information content (AvgIpc) is 2.58. The molecule has 0 aliphatic carbocycles. The van der Waals surface area contributed by atoms with E-state index in [-0.39, 0.29) is 17.9 Å². The molecule has 26 heavy (non-hydrogen) atoms. The summed E-state index contributed by atoms with van der Waals surface area (Å²) in [7, 11) is 1.52. The van der Waals surface area contributed by atoms with Crippen LogP contribution in [0.3, 0.4) is 0 Å². The fraction of sp³-hybridized carbons (Fsp3) is 0.368. The first-order valence-electron chi connectivity index (χ1n) is 8.22. The van der Waals surface area contributed by atoms with Crippen molar-refractivity contribution in [3.63, 3.8) is 0 Å². The fourth-order valence-electron chi connectivity index (χ4n) is 2.41. The third kappa shape index (κ3) is 3.99. The molecule has 0 unspecified atom stereocenters. The summed E-state index contributed by atoms with van der Waals surface area (Å²) in [6.07, 6.45) is 0. The predicted molar refractivity (Wildman–Crippen MR) is 95.5 cm³/mol. The van der Waals surface area contributed by atoms with Crippen LogP contribution < -0.4 is 10.3 Å². The van der Waals surface area contributed by atoms with Crippen molar-refractivity contribution in [2.45, 2.75) is 33.1 Å². The lowest BCUT2D eigenvalue weighted by molar-refractivity contribution is 0.0511. The lowest BCUT2D eigenvalue weighted by Gasteiger charge is -2.22. The van der Waals surface area contributed by atoms with Gasteiger partial charge in [0.05, 0.1) is 12.2 Å². The normalized spacial score (nSPS) is 11.1. The Morgan fingerprint density at radius 1 is 1.12 bits per heavy atom. The van der Waals surface area contributed by atoms with E-state index in [2.05, 4.69) is 4.98 Å². The molecule has 0 saturated heterocycles. The molecule has 138 valence electrons. The summed E-state index contributed by atoms with van der Waals surface area (Å²) in [4.78, 5) is 41.7. The lowest BCUT2D eigenvalue weighted by atomic mass is 9.95. The third-order valence-electron chi connectivity index (χ3n) is 3.59. The second kappa shape index (κ2) is 7.51. The summed E-state index contributed by atoms with van der Waals surface area (Å²) in [5.41, 5.74) is -1.18. The molecule has 1 heterocycles. The lowest BCUT2D eigenvalue weighted by Crippen LogP contribution is -2.33. The van der Waals surface area contributed by atoms with Crippen LogP contribution in [0.25, 0.3) is 0 Å². The monoisotopic (exact) mass is 358 g/mol. The molecule has 1 aromatic heterocycles. The summed E-state index contributed by atoms with van der Waals surface area (Å²) in [6.45, 7) is 7.32. The molecular formula is C19H22N2O5. The second-order valence-electron chi connectivity index (χ2n) is 6.70. The van der Waals surface area contributed by atoms with Gasteiger partial charge >= 0.3 is 11.9 Å². The van der Waals surface area contributed by atoms with Crippen molar-refractivity contribution in [3.05, 3.63) is 57.8 Å². The molecule has 0 aliphatic heterocycles. The first-order valence-corrected chi connectivity index (χ1v) is 8.22. The van der Waals surface area contributed by atoms with Crippen LogP contribution in [0.1, 0.15) is 54.4 Å². The fourth-order valence-corrected chi connectivity index (χ4v) is 2.41. The second-order valence-corrected chi connectivity index (χ2v) is 6.70. The SMILES string of the molecule is CCOC(=O)c1nc(C(C)(C)C)n(C)c(=O)c1OC(=O)c1ccccc1. The maximum absolute atomic E-state index is 12.8. The number of aromatic nitrogens is 2. The van der Waals surface area contributed by atoms with Crippen LogP contribution >= 0.6 is 0 Å². The van der Waals surface area contributed by atoms with E-state index < -0.39 is 28.7 Å². The molecule has 1 aromatic carbocycles. The van der Waals surface area contributed by atoms with Gasteiger partial charge in [0, 0.05) is 12.5 Å². The van der Waals surface area contributed by atoms with E-state index in [0.717, 1.165) is 0 Å². The Balaban J connectivity index is 2.60. The summed E-state index contributed by atoms with van der Waals surface area (Å²) >= 11 is 0. The number of hydrogen-bond acceptors (Lipinski definition) is 6. The van der Waals surface area contributed by atoms with Crippen molar-refractivity contribution >= 4 is 11.9 Å². The summed E-state index contributed by atoms with van der Waals surface area (Å²) in [5, 5.41) is 0. The highest BCUT2D eigenvalue weighted by Crippen LogP contribution is 2.23. The van der Waals surface area contributed by atoms with E-state index in [1.54, 1.807) is 37.3 Å². The molecule has 2 rings (SSSR count). The van der Waals surface area contributed by atoms with Crippen molar-refractivity contribution in [2.75, 3.05) is 6.61 Å². The van der Waals surface area contributed by atoms with Crippen molar-refractivity contribution in [1.29, 1.82) is 0 Å². The van der Waals surface area contributed by atoms with Crippen molar-refractivity contribution in [2.24, 2.45) is 7.05 Å². The van der Waals surface area contributed by atoms with Crippen LogP contribution in [0.15, 0.2) is 35.1 Å². The largest absolute Gasteiger partial charge is 0.461 e. The minimum absolute atomic E-state index is 0.104. The molecule has 7 heteroatoms. The quantitative estimate of drug-likeness (QED) is 0.780. The topological polar surface area (TPSA) is 87.5 Å². The molecule has 0 fully saturated rings. The molecular weight excluding hydrogens is 336 g/mol. The number of ether oxygens (including phenoxy) is 2. The molecule has 7 nitrogen and oxygen atoms in total. The molecule has 0 amide bonds. The van der Waals surface area contributed by atoms with Gasteiger partial charge in [0.25, 0.3) is 5.56 Å². The Hall–Kier alpha value is -2.96. The van der Waals surface area contributed by atoms with Crippen LogP contribution in [0.5, 0.6) is 5.75 Å². The van der Waals surface area contributed by atoms with Gasteiger partial charge in [-0.25, -0.2) is 14.6 Å². The van der Waals surface area contributed by atoms with E-state index in [1.807, 2.05) is 20.8 Å². The highest BCUT2D eigenvalue weighted by Gasteiger charge is 2.29. The Morgan fingerprint density at radius 3 is 2.27 bits per heavy atom. The molecule has 0 bridgehead atoms. The van der Waals surface area contributed by atoms with Crippen molar-refractivity contribution in [1.82, 2.24) is 9.55 Å². The maximum atomic E-state index is 12.8. The highest BCUT2D eigenvalue weighted by atomic mass is 16.6. The molecule has 0 spiro atoms. The first kappa shape index (κ1) is 19.4. The molecule has 0 atom stereocenters. The van der Waals surface area contributed by atoms with E-state index in [1.165, 1.54) is 11.6 Å². The van der Waals surface area contributed by atoms with Gasteiger partial charge in [-0.1, -0.05) is 39.0 Å². The Kier molecular flexibility index (Phi) is 5.59. The minimum atomic E-state index is -0.813. The Morgan fingerprint density at radius 2 is 1.73 bits per heavy atom. The van der Waals surface area contributed by atoms with Crippen LogP contribution in [0, 0.1) is 0 Å². The Bertz CT molecular complexity index is 879. The number of benzene rings is 1. The van der Waals surface area contributed by atoms with Gasteiger partial charge in [-0.05, 0) is 19.1 Å². The van der Waals surface area contributed by atoms with Gasteiger partial charge in [-0.15, -0.1) is 0 Å². The molecule has 0 saturated carbocycles. The van der Waals surface area contributed by atoms with E-state index in [0.29, 0.717) is 5.82 Å². The molecule has 0 aliphatic rings. The van der Waals surface area contributed by atoms with Crippen molar-refractivity contribution < 1.29 is 19.1 Å². The van der Waals surface area contributed by atoms with Gasteiger partial charge in [-0.3, -0.25) is 9.36 Å². The zero-order chi connectivity index (χ0) is 19.5. The zero-order valence-corrected chi connectivity index (χ0v) is 15.5. The maximum Gasteiger partial charge on any atom is 0.361 e. The standard InChI is InChI=1S/C19H22N2O5/c1-6-25-17(24)13-14(26-16(23)12-10-8-7-9-11-12)15(22)21(5)18(20-13)19(2,3)4/h7-11H,6H2,1-5H3. The van der Waals surface area contributed by atoms with E-state index in [4.69, 9.17) is 9.47 Å². The van der Waals surface area contributed by atoms with Crippen LogP contribution in [0.4, 0.5) is 0 Å². The average molecular weight is 358 g/mol. The van der Waals surface area contributed by atoms with E-state index >= 15 is 0 Å². The smallest absolute Gasteiger partial charge is 0.361 e. The molecule has 0 radical (unpaired) electrons. The number of nitrogens with zero attached hydrogens (tertiary/aromatic N) is 2. The summed E-state index contributed by atoms with van der Waals surface area (Å²) < 4.78 is 11.5. The molecule has 0 N–H and O–H groups in total. The first-order chi connectivity index (χ1) is 12.2. The minimum Gasteiger partial charge on any atom is -0.461 e. The third-order valence-corrected chi connectivity index (χ3v) is 3.59. The van der Waals surface area contributed by atoms with Crippen LogP contribution in [0.2, 0.25) is 0 Å². The number of esters is 2. The number of rotatable bonds is 4.